The fourth-order valence-electron chi connectivity index (χ4n) is 2.12. The Labute approximate surface area is 122 Å². The first-order valence-electron chi connectivity index (χ1n) is 6.12. The molecule has 0 aliphatic carbocycles. The molecule has 2 aromatic carbocycles. The molecule has 0 aliphatic rings. The van der Waals surface area contributed by atoms with Crippen LogP contribution in [-0.4, -0.2) is 25.5 Å². The van der Waals surface area contributed by atoms with Crippen LogP contribution in [0, 0.1) is 0 Å². The zero-order chi connectivity index (χ0) is 16.0. The van der Waals surface area contributed by atoms with Crippen molar-refractivity contribution in [2.75, 3.05) is 0 Å². The minimum absolute atomic E-state index is 0.0305. The van der Waals surface area contributed by atoms with Gasteiger partial charge in [-0.05, 0) is 18.2 Å². The molecule has 3 aromatic rings. The van der Waals surface area contributed by atoms with Crippen molar-refractivity contribution in [3.63, 3.8) is 0 Å². The van der Waals surface area contributed by atoms with E-state index in [2.05, 4.69) is 0 Å². The summed E-state index contributed by atoms with van der Waals surface area (Å²) >= 11 is 0. The summed E-state index contributed by atoms with van der Waals surface area (Å²) in [6.07, 6.45) is 0. The van der Waals surface area contributed by atoms with Crippen LogP contribution in [0.4, 0.5) is 0 Å². The van der Waals surface area contributed by atoms with E-state index in [1.165, 1.54) is 6.07 Å². The number of phenols is 5. The Morgan fingerprint density at radius 3 is 2.27 bits per heavy atom. The van der Waals surface area contributed by atoms with E-state index in [0.29, 0.717) is 0 Å². The summed E-state index contributed by atoms with van der Waals surface area (Å²) in [6, 6.07) is 5.46. The van der Waals surface area contributed by atoms with E-state index in [0.717, 1.165) is 24.3 Å². The third-order valence-corrected chi connectivity index (χ3v) is 3.19. The highest BCUT2D eigenvalue weighted by molar-refractivity contribution is 5.86. The Morgan fingerprint density at radius 1 is 0.818 bits per heavy atom. The molecular formula is C15H10O7. The Hall–Kier alpha value is -3.35. The molecule has 0 aliphatic heterocycles. The second-order valence-corrected chi connectivity index (χ2v) is 4.65. The van der Waals surface area contributed by atoms with Crippen LogP contribution < -0.4 is 5.43 Å². The highest BCUT2D eigenvalue weighted by Crippen LogP contribution is 2.41. The van der Waals surface area contributed by atoms with Gasteiger partial charge in [-0.1, -0.05) is 0 Å². The van der Waals surface area contributed by atoms with Gasteiger partial charge in [-0.2, -0.15) is 0 Å². The topological polar surface area (TPSA) is 131 Å². The number of hydrogen-bond acceptors (Lipinski definition) is 7. The van der Waals surface area contributed by atoms with E-state index in [9.17, 15) is 30.3 Å². The first kappa shape index (κ1) is 13.6. The Kier molecular flexibility index (Phi) is 2.84. The molecule has 0 spiro atoms. The molecule has 0 saturated carbocycles. The minimum Gasteiger partial charge on any atom is -0.508 e. The lowest BCUT2D eigenvalue weighted by atomic mass is 10.1. The standard InChI is InChI=1S/C15H10O7/c16-6-3-8(13(20)11(19)4-6)12-5-10(18)7-1-2-9(17)14(21)15(7)22-12/h1-5,16-17,19-21H. The molecule has 0 saturated heterocycles. The molecule has 0 fully saturated rings. The molecular weight excluding hydrogens is 292 g/mol. The average Bonchev–Trinajstić information content (AvgIpc) is 2.47. The van der Waals surface area contributed by atoms with Gasteiger partial charge in [0.25, 0.3) is 0 Å². The second-order valence-electron chi connectivity index (χ2n) is 4.65. The molecule has 0 unspecified atom stereocenters. The lowest BCUT2D eigenvalue weighted by molar-refractivity contribution is 0.394. The van der Waals surface area contributed by atoms with Gasteiger partial charge in [-0.15, -0.1) is 0 Å². The van der Waals surface area contributed by atoms with E-state index in [-0.39, 0.29) is 28.0 Å². The number of aromatic hydroxyl groups is 5. The maximum Gasteiger partial charge on any atom is 0.201 e. The van der Waals surface area contributed by atoms with Gasteiger partial charge in [0.1, 0.15) is 11.5 Å². The van der Waals surface area contributed by atoms with E-state index < -0.39 is 28.4 Å². The number of phenolic OH excluding ortho intramolecular Hbond substituents is 5. The molecule has 0 radical (unpaired) electrons. The second kappa shape index (κ2) is 4.59. The summed E-state index contributed by atoms with van der Waals surface area (Å²) in [5.41, 5.74) is -0.947. The van der Waals surface area contributed by atoms with Crippen LogP contribution in [0.25, 0.3) is 22.3 Å². The number of fused-ring (bicyclic) bond motifs is 1. The Bertz CT molecular complexity index is 956. The fraction of sp³-hybridized carbons (Fsp3) is 0. The fourth-order valence-corrected chi connectivity index (χ4v) is 2.12. The molecule has 0 atom stereocenters. The average molecular weight is 302 g/mol. The first-order valence-corrected chi connectivity index (χ1v) is 6.12. The SMILES string of the molecule is O=c1cc(-c2cc(O)cc(O)c2O)oc2c(O)c(O)ccc12. The number of hydrogen-bond donors (Lipinski definition) is 5. The predicted octanol–water partition coefficient (Wildman–Crippen LogP) is 1.99. The van der Waals surface area contributed by atoms with Crippen molar-refractivity contribution in [3.8, 4) is 40.1 Å². The molecule has 7 heteroatoms. The van der Waals surface area contributed by atoms with Gasteiger partial charge in [0.15, 0.2) is 28.3 Å². The molecule has 0 amide bonds. The highest BCUT2D eigenvalue weighted by atomic mass is 16.4. The summed E-state index contributed by atoms with van der Waals surface area (Å²) < 4.78 is 5.34. The van der Waals surface area contributed by atoms with Crippen LogP contribution in [0.15, 0.2) is 39.5 Å². The molecule has 112 valence electrons. The van der Waals surface area contributed by atoms with E-state index in [4.69, 9.17) is 4.42 Å². The van der Waals surface area contributed by atoms with Crippen LogP contribution in [0.2, 0.25) is 0 Å². The van der Waals surface area contributed by atoms with Gasteiger partial charge in [0.2, 0.25) is 5.75 Å². The third kappa shape index (κ3) is 1.96. The summed E-state index contributed by atoms with van der Waals surface area (Å²) in [6.45, 7) is 0. The largest absolute Gasteiger partial charge is 0.508 e. The van der Waals surface area contributed by atoms with E-state index in [1.54, 1.807) is 0 Å². The van der Waals surface area contributed by atoms with Crippen molar-refractivity contribution in [2.45, 2.75) is 0 Å². The third-order valence-electron chi connectivity index (χ3n) is 3.19. The van der Waals surface area contributed by atoms with Crippen LogP contribution in [0.3, 0.4) is 0 Å². The molecule has 5 N–H and O–H groups in total. The van der Waals surface area contributed by atoms with Crippen molar-refractivity contribution in [3.05, 3.63) is 40.6 Å². The van der Waals surface area contributed by atoms with Crippen molar-refractivity contribution in [2.24, 2.45) is 0 Å². The van der Waals surface area contributed by atoms with E-state index in [1.807, 2.05) is 0 Å². The smallest absolute Gasteiger partial charge is 0.201 e. The summed E-state index contributed by atoms with van der Waals surface area (Å²) in [5.74, 6) is -2.84. The quantitative estimate of drug-likeness (QED) is 0.343. The van der Waals surface area contributed by atoms with Gasteiger partial charge in [0, 0.05) is 12.1 Å². The van der Waals surface area contributed by atoms with E-state index >= 15 is 0 Å². The summed E-state index contributed by atoms with van der Waals surface area (Å²) in [5, 5.41) is 48.1. The van der Waals surface area contributed by atoms with Crippen LogP contribution >= 0.6 is 0 Å². The lowest BCUT2D eigenvalue weighted by Crippen LogP contribution is -2.00. The maximum absolute atomic E-state index is 12.1. The molecule has 22 heavy (non-hydrogen) atoms. The van der Waals surface area contributed by atoms with Gasteiger partial charge < -0.3 is 29.9 Å². The normalized spacial score (nSPS) is 10.9. The summed E-state index contributed by atoms with van der Waals surface area (Å²) in [7, 11) is 0. The Balaban J connectivity index is 2.38. The summed E-state index contributed by atoms with van der Waals surface area (Å²) in [4.78, 5) is 12.1. The van der Waals surface area contributed by atoms with Crippen molar-refractivity contribution >= 4 is 11.0 Å². The zero-order valence-electron chi connectivity index (χ0n) is 10.9. The monoisotopic (exact) mass is 302 g/mol. The molecule has 7 nitrogen and oxygen atoms in total. The minimum atomic E-state index is -0.625. The maximum atomic E-state index is 12.1. The number of benzene rings is 2. The molecule has 1 aromatic heterocycles. The first-order chi connectivity index (χ1) is 10.4. The lowest BCUT2D eigenvalue weighted by Gasteiger charge is -2.08. The number of rotatable bonds is 1. The molecule has 1 heterocycles. The van der Waals surface area contributed by atoms with Crippen LogP contribution in [-0.2, 0) is 0 Å². The van der Waals surface area contributed by atoms with Crippen molar-refractivity contribution in [1.82, 2.24) is 0 Å². The molecule has 3 rings (SSSR count). The van der Waals surface area contributed by atoms with Crippen LogP contribution in [0.1, 0.15) is 0 Å². The van der Waals surface area contributed by atoms with Crippen molar-refractivity contribution in [1.29, 1.82) is 0 Å². The molecule has 0 bridgehead atoms. The zero-order valence-corrected chi connectivity index (χ0v) is 10.9. The van der Waals surface area contributed by atoms with Crippen LogP contribution in [0.5, 0.6) is 28.7 Å². The van der Waals surface area contributed by atoms with Gasteiger partial charge >= 0.3 is 0 Å². The predicted molar refractivity (Wildman–Crippen MR) is 76.2 cm³/mol. The van der Waals surface area contributed by atoms with Gasteiger partial charge in [0.05, 0.1) is 10.9 Å². The highest BCUT2D eigenvalue weighted by Gasteiger charge is 2.17. The van der Waals surface area contributed by atoms with Crippen molar-refractivity contribution < 1.29 is 29.9 Å². The van der Waals surface area contributed by atoms with Gasteiger partial charge in [-0.3, -0.25) is 4.79 Å². The van der Waals surface area contributed by atoms with Gasteiger partial charge in [-0.25, -0.2) is 0 Å². The Morgan fingerprint density at radius 2 is 1.55 bits per heavy atom.